The minimum Gasteiger partial charge on any atom is -0.339 e. The zero-order valence-corrected chi connectivity index (χ0v) is 11.4. The molecule has 0 bridgehead atoms. The third-order valence-corrected chi connectivity index (χ3v) is 3.92. The maximum atomic E-state index is 12.6. The van der Waals surface area contributed by atoms with E-state index in [1.807, 2.05) is 11.0 Å². The lowest BCUT2D eigenvalue weighted by Crippen LogP contribution is -2.38. The Balaban J connectivity index is 2.01. The molecule has 1 amide bonds. The van der Waals surface area contributed by atoms with Crippen molar-refractivity contribution < 1.29 is 4.79 Å². The number of pyridine rings is 2. The molecule has 2 aromatic heterocycles. The number of nitrogens with zero attached hydrogens (tertiary/aromatic N) is 2. The summed E-state index contributed by atoms with van der Waals surface area (Å²) < 4.78 is 0. The van der Waals surface area contributed by atoms with Crippen LogP contribution in [0.15, 0.2) is 29.2 Å². The van der Waals surface area contributed by atoms with Crippen LogP contribution in [0.2, 0.25) is 0 Å². The molecule has 3 heterocycles. The predicted octanol–water partition coefficient (Wildman–Crippen LogP) is 1.80. The highest BCUT2D eigenvalue weighted by atomic mass is 16.2. The quantitative estimate of drug-likeness (QED) is 0.860. The summed E-state index contributed by atoms with van der Waals surface area (Å²) in [6, 6.07) is 4.97. The second-order valence-corrected chi connectivity index (χ2v) is 5.42. The number of nitrogens with one attached hydrogen (secondary N) is 1. The van der Waals surface area contributed by atoms with Crippen LogP contribution in [0.5, 0.6) is 0 Å². The second kappa shape index (κ2) is 5.07. The summed E-state index contributed by atoms with van der Waals surface area (Å²) in [5.41, 5.74) is 0.630. The minimum absolute atomic E-state index is 0.0685. The molecule has 0 unspecified atom stereocenters. The van der Waals surface area contributed by atoms with Crippen LogP contribution >= 0.6 is 0 Å². The van der Waals surface area contributed by atoms with E-state index in [-0.39, 0.29) is 11.5 Å². The molecule has 1 fully saturated rings. The van der Waals surface area contributed by atoms with Crippen molar-refractivity contribution in [2.75, 3.05) is 13.1 Å². The van der Waals surface area contributed by atoms with Gasteiger partial charge < -0.3 is 9.88 Å². The number of amides is 1. The zero-order valence-electron chi connectivity index (χ0n) is 11.4. The molecule has 0 aliphatic carbocycles. The van der Waals surface area contributed by atoms with E-state index in [1.165, 1.54) is 6.07 Å². The first-order valence-electron chi connectivity index (χ1n) is 6.92. The molecule has 3 rings (SSSR count). The molecule has 1 N–H and O–H groups in total. The largest absolute Gasteiger partial charge is 0.339 e. The van der Waals surface area contributed by atoms with E-state index < -0.39 is 0 Å². The van der Waals surface area contributed by atoms with E-state index in [9.17, 15) is 9.59 Å². The lowest BCUT2D eigenvalue weighted by atomic mass is 9.98. The molecule has 0 radical (unpaired) electrons. The van der Waals surface area contributed by atoms with Crippen LogP contribution in [0.3, 0.4) is 0 Å². The van der Waals surface area contributed by atoms with Gasteiger partial charge in [0.05, 0.1) is 5.56 Å². The summed E-state index contributed by atoms with van der Waals surface area (Å²) in [5, 5.41) is 0.704. The van der Waals surface area contributed by atoms with Crippen LogP contribution in [-0.2, 0) is 0 Å². The number of carbonyl (C=O) groups excluding carboxylic acids is 1. The van der Waals surface area contributed by atoms with E-state index in [4.69, 9.17) is 0 Å². The predicted molar refractivity (Wildman–Crippen MR) is 76.7 cm³/mol. The van der Waals surface area contributed by atoms with Gasteiger partial charge in [-0.1, -0.05) is 6.92 Å². The van der Waals surface area contributed by atoms with Crippen LogP contribution in [-0.4, -0.2) is 33.9 Å². The number of aromatic nitrogens is 2. The number of hydrogen-bond acceptors (Lipinski definition) is 3. The van der Waals surface area contributed by atoms with Crippen molar-refractivity contribution in [2.45, 2.75) is 19.8 Å². The van der Waals surface area contributed by atoms with E-state index in [2.05, 4.69) is 16.9 Å². The van der Waals surface area contributed by atoms with Crippen molar-refractivity contribution in [1.29, 1.82) is 0 Å². The average Bonchev–Trinajstić information content (AvgIpc) is 2.46. The van der Waals surface area contributed by atoms with Gasteiger partial charge in [-0.15, -0.1) is 0 Å². The maximum Gasteiger partial charge on any atom is 0.254 e. The van der Waals surface area contributed by atoms with Crippen molar-refractivity contribution >= 4 is 16.9 Å². The molecular weight excluding hydrogens is 254 g/mol. The highest BCUT2D eigenvalue weighted by molar-refractivity contribution is 6.05. The standard InChI is InChI=1S/C15H17N3O2/c1-10-4-7-18(8-5-10)15(20)12-9-13(19)17-14-11(12)3-2-6-16-14/h2-3,6,9-10H,4-5,7-8H2,1H3,(H,16,17,19). The summed E-state index contributed by atoms with van der Waals surface area (Å²) in [7, 11) is 0. The Bertz CT molecular complexity index is 700. The molecule has 5 nitrogen and oxygen atoms in total. The van der Waals surface area contributed by atoms with Gasteiger partial charge in [0.25, 0.3) is 5.91 Å². The Morgan fingerprint density at radius 3 is 2.90 bits per heavy atom. The molecule has 1 aliphatic rings. The van der Waals surface area contributed by atoms with Crippen LogP contribution < -0.4 is 5.56 Å². The smallest absolute Gasteiger partial charge is 0.254 e. The molecule has 2 aromatic rings. The lowest BCUT2D eigenvalue weighted by molar-refractivity contribution is 0.0699. The molecule has 0 spiro atoms. The average molecular weight is 271 g/mol. The number of H-pyrrole nitrogens is 1. The van der Waals surface area contributed by atoms with Crippen molar-refractivity contribution in [3.05, 3.63) is 40.3 Å². The number of fused-ring (bicyclic) bond motifs is 1. The van der Waals surface area contributed by atoms with Crippen LogP contribution in [0.4, 0.5) is 0 Å². The van der Waals surface area contributed by atoms with Gasteiger partial charge in [-0.25, -0.2) is 4.98 Å². The summed E-state index contributed by atoms with van der Waals surface area (Å²) in [4.78, 5) is 32.9. The highest BCUT2D eigenvalue weighted by Gasteiger charge is 2.23. The molecule has 104 valence electrons. The van der Waals surface area contributed by atoms with Crippen LogP contribution in [0, 0.1) is 5.92 Å². The van der Waals surface area contributed by atoms with Crippen molar-refractivity contribution in [3.63, 3.8) is 0 Å². The minimum atomic E-state index is -0.287. The molecular formula is C15H17N3O2. The molecule has 0 saturated carbocycles. The summed E-state index contributed by atoms with van der Waals surface area (Å²) >= 11 is 0. The number of rotatable bonds is 1. The Morgan fingerprint density at radius 2 is 2.15 bits per heavy atom. The van der Waals surface area contributed by atoms with Crippen molar-refractivity contribution in [2.24, 2.45) is 5.92 Å². The van der Waals surface area contributed by atoms with E-state index in [0.717, 1.165) is 25.9 Å². The number of piperidine rings is 1. The topological polar surface area (TPSA) is 66.1 Å². The fraction of sp³-hybridized carbons (Fsp3) is 0.400. The van der Waals surface area contributed by atoms with Gasteiger partial charge in [0, 0.05) is 30.7 Å². The van der Waals surface area contributed by atoms with Gasteiger partial charge in [0.1, 0.15) is 5.65 Å². The Labute approximate surface area is 116 Å². The molecule has 1 aliphatic heterocycles. The first kappa shape index (κ1) is 12.8. The van der Waals surface area contributed by atoms with Gasteiger partial charge >= 0.3 is 0 Å². The van der Waals surface area contributed by atoms with Crippen molar-refractivity contribution in [1.82, 2.24) is 14.9 Å². The number of aromatic amines is 1. The zero-order chi connectivity index (χ0) is 14.1. The first-order valence-corrected chi connectivity index (χ1v) is 6.92. The Kier molecular flexibility index (Phi) is 3.26. The summed E-state index contributed by atoms with van der Waals surface area (Å²) in [6.07, 6.45) is 3.64. The molecule has 20 heavy (non-hydrogen) atoms. The van der Waals surface area contributed by atoms with E-state index in [0.29, 0.717) is 22.5 Å². The third kappa shape index (κ3) is 2.31. The molecule has 0 atom stereocenters. The number of likely N-dealkylation sites (tertiary alicyclic amines) is 1. The summed E-state index contributed by atoms with van der Waals surface area (Å²) in [5.74, 6) is 0.595. The fourth-order valence-corrected chi connectivity index (χ4v) is 2.64. The van der Waals surface area contributed by atoms with Crippen LogP contribution in [0.25, 0.3) is 11.0 Å². The first-order chi connectivity index (χ1) is 9.65. The van der Waals surface area contributed by atoms with Gasteiger partial charge in [-0.05, 0) is 30.9 Å². The highest BCUT2D eigenvalue weighted by Crippen LogP contribution is 2.20. The third-order valence-electron chi connectivity index (χ3n) is 3.92. The van der Waals surface area contributed by atoms with E-state index in [1.54, 1.807) is 12.3 Å². The lowest BCUT2D eigenvalue weighted by Gasteiger charge is -2.30. The normalized spacial score (nSPS) is 16.6. The SMILES string of the molecule is CC1CCN(C(=O)c2cc(=O)[nH]c3ncccc23)CC1. The molecule has 0 aromatic carbocycles. The van der Waals surface area contributed by atoms with E-state index >= 15 is 0 Å². The second-order valence-electron chi connectivity index (χ2n) is 5.42. The van der Waals surface area contributed by atoms with Gasteiger partial charge in [-0.3, -0.25) is 9.59 Å². The van der Waals surface area contributed by atoms with Gasteiger partial charge in [0.15, 0.2) is 0 Å². The molecule has 5 heteroatoms. The Hall–Kier alpha value is -2.17. The summed E-state index contributed by atoms with van der Waals surface area (Å²) in [6.45, 7) is 3.72. The van der Waals surface area contributed by atoms with Crippen LogP contribution in [0.1, 0.15) is 30.1 Å². The van der Waals surface area contributed by atoms with Gasteiger partial charge in [-0.2, -0.15) is 0 Å². The number of carbonyl (C=O) groups is 1. The molecule has 1 saturated heterocycles. The monoisotopic (exact) mass is 271 g/mol. The maximum absolute atomic E-state index is 12.6. The Morgan fingerprint density at radius 1 is 1.40 bits per heavy atom. The van der Waals surface area contributed by atoms with Gasteiger partial charge in [0.2, 0.25) is 5.56 Å². The number of hydrogen-bond donors (Lipinski definition) is 1. The fourth-order valence-electron chi connectivity index (χ4n) is 2.64. The van der Waals surface area contributed by atoms with Crippen molar-refractivity contribution in [3.8, 4) is 0 Å².